The lowest BCUT2D eigenvalue weighted by Gasteiger charge is -2.20. The van der Waals surface area contributed by atoms with Crippen LogP contribution in [0.3, 0.4) is 0 Å². The first kappa shape index (κ1) is 16.2. The van der Waals surface area contributed by atoms with Gasteiger partial charge in [0.2, 0.25) is 0 Å². The molecule has 0 spiro atoms. The Morgan fingerprint density at radius 1 is 1.27 bits per heavy atom. The molecule has 5 nitrogen and oxygen atoms in total. The molecule has 1 aliphatic rings. The molecule has 5 heteroatoms. The number of amides is 1. The smallest absolute Gasteiger partial charge is 0.410 e. The van der Waals surface area contributed by atoms with Crippen LogP contribution in [0.1, 0.15) is 31.2 Å². The van der Waals surface area contributed by atoms with E-state index in [1.807, 2.05) is 30.3 Å². The molecule has 0 saturated carbocycles. The fourth-order valence-corrected chi connectivity index (χ4v) is 2.56. The van der Waals surface area contributed by atoms with Gasteiger partial charge in [-0.25, -0.2) is 4.79 Å². The molecule has 118 valence electrons. The van der Waals surface area contributed by atoms with Crippen molar-refractivity contribution >= 4 is 18.2 Å². The highest BCUT2D eigenvalue weighted by atomic mass is 16.6. The molecule has 1 saturated heterocycles. The number of aldehydes is 1. The first-order valence-corrected chi connectivity index (χ1v) is 7.63. The summed E-state index contributed by atoms with van der Waals surface area (Å²) in [6, 6.07) is 9.77. The Hall–Kier alpha value is -2.17. The lowest BCUT2D eigenvalue weighted by atomic mass is 10.1. The van der Waals surface area contributed by atoms with E-state index in [0.717, 1.165) is 11.8 Å². The van der Waals surface area contributed by atoms with E-state index in [-0.39, 0.29) is 18.4 Å². The lowest BCUT2D eigenvalue weighted by Crippen LogP contribution is -2.38. The zero-order valence-electron chi connectivity index (χ0n) is 12.6. The third kappa shape index (κ3) is 4.69. The molecule has 0 aromatic heterocycles. The molecule has 0 N–H and O–H groups in total. The molecule has 1 fully saturated rings. The highest BCUT2D eigenvalue weighted by molar-refractivity contribution is 5.84. The van der Waals surface area contributed by atoms with Gasteiger partial charge in [-0.1, -0.05) is 30.3 Å². The monoisotopic (exact) mass is 303 g/mol. The molecule has 0 aliphatic carbocycles. The first-order valence-electron chi connectivity index (χ1n) is 7.63. The van der Waals surface area contributed by atoms with E-state index in [1.165, 1.54) is 4.90 Å². The molecule has 1 amide bonds. The van der Waals surface area contributed by atoms with Crippen LogP contribution in [-0.4, -0.2) is 42.3 Å². The number of Topliss-reactive ketones (excluding diaryl/α,β-unsaturated/α-hetero) is 1. The number of cyclic esters (lactones) is 1. The SMILES string of the molecule is O=CCCCCC(=O)CN1C(=O)OC[C@@H]1Cc1ccccc1. The van der Waals surface area contributed by atoms with Crippen molar-refractivity contribution in [1.29, 1.82) is 0 Å². The summed E-state index contributed by atoms with van der Waals surface area (Å²) in [7, 11) is 0. The summed E-state index contributed by atoms with van der Waals surface area (Å²) in [5, 5.41) is 0. The zero-order valence-corrected chi connectivity index (χ0v) is 12.6. The maximum atomic E-state index is 12.0. The topological polar surface area (TPSA) is 63.7 Å². The third-order valence-electron chi connectivity index (χ3n) is 3.76. The normalized spacial score (nSPS) is 17.4. The average molecular weight is 303 g/mol. The Morgan fingerprint density at radius 2 is 2.05 bits per heavy atom. The van der Waals surface area contributed by atoms with Gasteiger partial charge in [0, 0.05) is 12.8 Å². The molecule has 1 atom stereocenters. The van der Waals surface area contributed by atoms with Gasteiger partial charge < -0.3 is 9.53 Å². The van der Waals surface area contributed by atoms with E-state index in [4.69, 9.17) is 4.74 Å². The van der Waals surface area contributed by atoms with Crippen molar-refractivity contribution in [2.45, 2.75) is 38.1 Å². The van der Waals surface area contributed by atoms with Crippen LogP contribution in [0, 0.1) is 0 Å². The second-order valence-corrected chi connectivity index (χ2v) is 5.50. The standard InChI is InChI=1S/C17H21NO4/c19-10-6-2-5-9-16(20)12-18-15(13-22-17(18)21)11-14-7-3-1-4-8-14/h1,3-4,7-8,10,15H,2,5-6,9,11-13H2/t15-/m0/s1. The quantitative estimate of drug-likeness (QED) is 0.519. The maximum absolute atomic E-state index is 12.0. The zero-order chi connectivity index (χ0) is 15.8. The van der Waals surface area contributed by atoms with Crippen molar-refractivity contribution < 1.29 is 19.1 Å². The van der Waals surface area contributed by atoms with E-state index >= 15 is 0 Å². The van der Waals surface area contributed by atoms with E-state index in [9.17, 15) is 14.4 Å². The van der Waals surface area contributed by atoms with Gasteiger partial charge in [0.15, 0.2) is 5.78 Å². The summed E-state index contributed by atoms with van der Waals surface area (Å²) in [6.07, 6.45) is 3.41. The van der Waals surface area contributed by atoms with Gasteiger partial charge in [-0.3, -0.25) is 9.69 Å². The van der Waals surface area contributed by atoms with E-state index in [0.29, 0.717) is 38.7 Å². The molecule has 0 bridgehead atoms. The van der Waals surface area contributed by atoms with Crippen molar-refractivity contribution in [3.05, 3.63) is 35.9 Å². The van der Waals surface area contributed by atoms with Crippen LogP contribution in [-0.2, 0) is 20.7 Å². The highest BCUT2D eigenvalue weighted by Crippen LogP contribution is 2.17. The minimum atomic E-state index is -0.415. The predicted octanol–water partition coefficient (Wildman–Crippen LogP) is 2.38. The summed E-state index contributed by atoms with van der Waals surface area (Å²) < 4.78 is 5.08. The van der Waals surface area contributed by atoms with Crippen molar-refractivity contribution in [1.82, 2.24) is 4.90 Å². The van der Waals surface area contributed by atoms with Gasteiger partial charge in [0.25, 0.3) is 0 Å². The Balaban J connectivity index is 1.85. The lowest BCUT2D eigenvalue weighted by molar-refractivity contribution is -0.120. The highest BCUT2D eigenvalue weighted by Gasteiger charge is 2.33. The van der Waals surface area contributed by atoms with Gasteiger partial charge in [-0.2, -0.15) is 0 Å². The number of nitrogens with zero attached hydrogens (tertiary/aromatic N) is 1. The van der Waals surface area contributed by atoms with Crippen LogP contribution in [0.15, 0.2) is 30.3 Å². The number of ether oxygens (including phenoxy) is 1. The average Bonchev–Trinajstić information content (AvgIpc) is 2.86. The molecule has 0 unspecified atom stereocenters. The van der Waals surface area contributed by atoms with Gasteiger partial charge >= 0.3 is 6.09 Å². The number of unbranched alkanes of at least 4 members (excludes halogenated alkanes) is 2. The number of hydrogen-bond donors (Lipinski definition) is 0. The number of rotatable bonds is 9. The number of hydrogen-bond acceptors (Lipinski definition) is 4. The summed E-state index contributed by atoms with van der Waals surface area (Å²) in [5.74, 6) is 0.0165. The van der Waals surface area contributed by atoms with Crippen LogP contribution in [0.25, 0.3) is 0 Å². The van der Waals surface area contributed by atoms with Crippen molar-refractivity contribution in [2.75, 3.05) is 13.2 Å². The minimum Gasteiger partial charge on any atom is -0.447 e. The van der Waals surface area contributed by atoms with Gasteiger partial charge in [-0.05, 0) is 24.8 Å². The van der Waals surface area contributed by atoms with Crippen LogP contribution in [0.5, 0.6) is 0 Å². The van der Waals surface area contributed by atoms with E-state index in [1.54, 1.807) is 0 Å². The second kappa shape index (κ2) is 8.32. The Labute approximate surface area is 130 Å². The van der Waals surface area contributed by atoms with E-state index in [2.05, 4.69) is 0 Å². The molecular weight excluding hydrogens is 282 g/mol. The molecule has 1 heterocycles. The van der Waals surface area contributed by atoms with Gasteiger partial charge in [0.05, 0.1) is 12.6 Å². The molecule has 1 aliphatic heterocycles. The fraction of sp³-hybridized carbons (Fsp3) is 0.471. The Bertz CT molecular complexity index is 515. The van der Waals surface area contributed by atoms with Crippen molar-refractivity contribution in [2.24, 2.45) is 0 Å². The first-order chi connectivity index (χ1) is 10.7. The molecule has 22 heavy (non-hydrogen) atoms. The van der Waals surface area contributed by atoms with E-state index < -0.39 is 6.09 Å². The molecule has 1 aromatic rings. The largest absolute Gasteiger partial charge is 0.447 e. The molecule has 2 rings (SSSR count). The maximum Gasteiger partial charge on any atom is 0.410 e. The minimum absolute atomic E-state index is 0.0165. The van der Waals surface area contributed by atoms with Crippen LogP contribution >= 0.6 is 0 Å². The number of ketones is 1. The Morgan fingerprint density at radius 3 is 2.77 bits per heavy atom. The van der Waals surface area contributed by atoms with Gasteiger partial charge in [-0.15, -0.1) is 0 Å². The second-order valence-electron chi connectivity index (χ2n) is 5.50. The van der Waals surface area contributed by atoms with Crippen LogP contribution in [0.4, 0.5) is 4.79 Å². The van der Waals surface area contributed by atoms with Crippen LogP contribution < -0.4 is 0 Å². The van der Waals surface area contributed by atoms with Crippen molar-refractivity contribution in [3.63, 3.8) is 0 Å². The molecular formula is C17H21NO4. The Kier molecular flexibility index (Phi) is 6.13. The summed E-state index contributed by atoms with van der Waals surface area (Å²) >= 11 is 0. The summed E-state index contributed by atoms with van der Waals surface area (Å²) in [5.41, 5.74) is 1.12. The number of carbonyl (C=O) groups excluding carboxylic acids is 3. The summed E-state index contributed by atoms with van der Waals surface area (Å²) in [6.45, 7) is 0.420. The van der Waals surface area contributed by atoms with Gasteiger partial charge in [0.1, 0.15) is 12.9 Å². The fourth-order valence-electron chi connectivity index (χ4n) is 2.56. The van der Waals surface area contributed by atoms with Crippen molar-refractivity contribution in [3.8, 4) is 0 Å². The predicted molar refractivity (Wildman–Crippen MR) is 81.5 cm³/mol. The molecule has 1 aromatic carbocycles. The number of benzene rings is 1. The third-order valence-corrected chi connectivity index (χ3v) is 3.76. The summed E-state index contributed by atoms with van der Waals surface area (Å²) in [4.78, 5) is 35.5. The number of carbonyl (C=O) groups is 3. The van der Waals surface area contributed by atoms with Crippen LogP contribution in [0.2, 0.25) is 0 Å². The molecule has 0 radical (unpaired) electrons.